The first-order chi connectivity index (χ1) is 16.4. The van der Waals surface area contributed by atoms with Crippen molar-refractivity contribution in [3.63, 3.8) is 0 Å². The second-order valence-corrected chi connectivity index (χ2v) is 11.1. The van der Waals surface area contributed by atoms with Gasteiger partial charge < -0.3 is 15.5 Å². The summed E-state index contributed by atoms with van der Waals surface area (Å²) in [5.41, 5.74) is 7.68. The molecule has 3 rings (SSSR count). The molecule has 3 N–H and O–H groups in total. The van der Waals surface area contributed by atoms with E-state index in [1.54, 1.807) is 18.2 Å². The van der Waals surface area contributed by atoms with Crippen molar-refractivity contribution in [1.29, 1.82) is 0 Å². The third kappa shape index (κ3) is 6.67. The molecule has 0 aliphatic heterocycles. The van der Waals surface area contributed by atoms with Crippen LogP contribution in [0.3, 0.4) is 0 Å². The Morgan fingerprint density at radius 2 is 1.86 bits per heavy atom. The zero-order chi connectivity index (χ0) is 25.8. The van der Waals surface area contributed by atoms with Gasteiger partial charge in [0.15, 0.2) is 0 Å². The van der Waals surface area contributed by atoms with Crippen LogP contribution in [-0.4, -0.2) is 43.4 Å². The standard InChI is InChI=1S/C25H33N5O4S/c1-6-12-30(35(5,32)33)21-14-19(22(31)27-17(2)3)13-20(15-21)23-28-29-24(34-23)25(4,26)16-18-10-8-7-9-11-18/h7-11,13-15,17H,6,12,16,26H2,1-5H3,(H,27,31)/t25-/m1/s1. The Kier molecular flexibility index (Phi) is 7.97. The molecule has 2 aromatic carbocycles. The quantitative estimate of drug-likeness (QED) is 0.437. The summed E-state index contributed by atoms with van der Waals surface area (Å²) >= 11 is 0. The predicted octanol–water partition coefficient (Wildman–Crippen LogP) is 3.47. The Morgan fingerprint density at radius 1 is 1.17 bits per heavy atom. The Morgan fingerprint density at radius 3 is 2.46 bits per heavy atom. The number of nitrogens with one attached hydrogen (secondary N) is 1. The number of rotatable bonds is 10. The number of carbonyl (C=O) groups excluding carboxylic acids is 1. The summed E-state index contributed by atoms with van der Waals surface area (Å²) in [6.07, 6.45) is 2.22. The van der Waals surface area contributed by atoms with Gasteiger partial charge in [-0.15, -0.1) is 10.2 Å². The molecule has 1 amide bonds. The number of nitrogens with zero attached hydrogens (tertiary/aromatic N) is 3. The monoisotopic (exact) mass is 499 g/mol. The first-order valence-electron chi connectivity index (χ1n) is 11.5. The Bertz CT molecular complexity index is 1270. The van der Waals surface area contributed by atoms with E-state index >= 15 is 0 Å². The molecule has 10 heteroatoms. The van der Waals surface area contributed by atoms with E-state index in [1.807, 2.05) is 58.0 Å². The van der Waals surface area contributed by atoms with E-state index in [1.165, 1.54) is 4.31 Å². The molecule has 1 aromatic heterocycles. The number of aromatic nitrogens is 2. The second-order valence-electron chi connectivity index (χ2n) is 9.22. The van der Waals surface area contributed by atoms with Crippen LogP contribution in [0.1, 0.15) is 55.9 Å². The molecule has 0 saturated heterocycles. The highest BCUT2D eigenvalue weighted by molar-refractivity contribution is 7.92. The van der Waals surface area contributed by atoms with Gasteiger partial charge in [0.1, 0.15) is 0 Å². The van der Waals surface area contributed by atoms with Gasteiger partial charge >= 0.3 is 0 Å². The van der Waals surface area contributed by atoms with Crippen molar-refractivity contribution in [2.24, 2.45) is 5.73 Å². The van der Waals surface area contributed by atoms with E-state index < -0.39 is 15.6 Å². The van der Waals surface area contributed by atoms with Gasteiger partial charge in [-0.1, -0.05) is 37.3 Å². The van der Waals surface area contributed by atoms with E-state index in [9.17, 15) is 13.2 Å². The van der Waals surface area contributed by atoms with Gasteiger partial charge in [0.05, 0.1) is 17.5 Å². The molecule has 1 atom stereocenters. The van der Waals surface area contributed by atoms with Gasteiger partial charge in [0.25, 0.3) is 5.91 Å². The Labute approximate surface area is 206 Å². The number of benzene rings is 2. The van der Waals surface area contributed by atoms with E-state index in [0.29, 0.717) is 24.1 Å². The van der Waals surface area contributed by atoms with Crippen LogP contribution in [0.2, 0.25) is 0 Å². The lowest BCUT2D eigenvalue weighted by Crippen LogP contribution is -2.35. The van der Waals surface area contributed by atoms with Crippen LogP contribution in [0.4, 0.5) is 5.69 Å². The topological polar surface area (TPSA) is 131 Å². The minimum absolute atomic E-state index is 0.0952. The average Bonchev–Trinajstić information content (AvgIpc) is 3.28. The van der Waals surface area contributed by atoms with Crippen molar-refractivity contribution in [2.75, 3.05) is 17.1 Å². The molecule has 0 radical (unpaired) electrons. The molecule has 1 heterocycles. The van der Waals surface area contributed by atoms with Crippen molar-refractivity contribution in [3.05, 3.63) is 65.5 Å². The molecular formula is C25H33N5O4S. The SMILES string of the molecule is CCCN(c1cc(C(=O)NC(C)C)cc(-c2nnc([C@](C)(N)Cc3ccccc3)o2)c1)S(C)(=O)=O. The van der Waals surface area contributed by atoms with Crippen molar-refractivity contribution in [1.82, 2.24) is 15.5 Å². The van der Waals surface area contributed by atoms with Crippen LogP contribution < -0.4 is 15.4 Å². The van der Waals surface area contributed by atoms with Gasteiger partial charge in [-0.25, -0.2) is 8.42 Å². The number of anilines is 1. The van der Waals surface area contributed by atoms with Crippen molar-refractivity contribution >= 4 is 21.6 Å². The number of sulfonamides is 1. The second kappa shape index (κ2) is 10.6. The van der Waals surface area contributed by atoms with Gasteiger partial charge in [-0.3, -0.25) is 9.10 Å². The van der Waals surface area contributed by atoms with E-state index in [4.69, 9.17) is 10.2 Å². The molecule has 0 unspecified atom stereocenters. The zero-order valence-corrected chi connectivity index (χ0v) is 21.6. The summed E-state index contributed by atoms with van der Waals surface area (Å²) in [4.78, 5) is 12.8. The van der Waals surface area contributed by atoms with Crippen molar-refractivity contribution in [3.8, 4) is 11.5 Å². The molecule has 0 aliphatic rings. The first kappa shape index (κ1) is 26.4. The maximum absolute atomic E-state index is 12.8. The number of hydrogen-bond acceptors (Lipinski definition) is 7. The molecule has 0 bridgehead atoms. The lowest BCUT2D eigenvalue weighted by atomic mass is 9.94. The lowest BCUT2D eigenvalue weighted by Gasteiger charge is -2.23. The number of hydrogen-bond donors (Lipinski definition) is 2. The average molecular weight is 500 g/mol. The minimum atomic E-state index is -3.58. The van der Waals surface area contributed by atoms with Crippen LogP contribution in [0.15, 0.2) is 52.9 Å². The molecule has 0 aliphatic carbocycles. The van der Waals surface area contributed by atoms with Gasteiger partial charge in [0, 0.05) is 23.7 Å². The fourth-order valence-corrected chi connectivity index (χ4v) is 4.71. The minimum Gasteiger partial charge on any atom is -0.419 e. The van der Waals surface area contributed by atoms with E-state index in [2.05, 4.69) is 15.5 Å². The molecule has 3 aromatic rings. The maximum Gasteiger partial charge on any atom is 0.251 e. The predicted molar refractivity (Wildman–Crippen MR) is 137 cm³/mol. The molecule has 0 fully saturated rings. The summed E-state index contributed by atoms with van der Waals surface area (Å²) in [7, 11) is -3.58. The summed E-state index contributed by atoms with van der Waals surface area (Å²) in [6, 6.07) is 14.4. The van der Waals surface area contributed by atoms with Gasteiger partial charge in [-0.2, -0.15) is 0 Å². The highest BCUT2D eigenvalue weighted by atomic mass is 32.2. The first-order valence-corrected chi connectivity index (χ1v) is 13.4. The van der Waals surface area contributed by atoms with Crippen LogP contribution >= 0.6 is 0 Å². The highest BCUT2D eigenvalue weighted by Crippen LogP contribution is 2.30. The number of carbonyl (C=O) groups is 1. The van der Waals surface area contributed by atoms with E-state index in [-0.39, 0.29) is 35.8 Å². The van der Waals surface area contributed by atoms with Crippen LogP contribution in [0.25, 0.3) is 11.5 Å². The molecule has 35 heavy (non-hydrogen) atoms. The maximum atomic E-state index is 12.8. The van der Waals surface area contributed by atoms with Gasteiger partial charge in [0.2, 0.25) is 21.8 Å². The number of amides is 1. The largest absolute Gasteiger partial charge is 0.419 e. The van der Waals surface area contributed by atoms with Gasteiger partial charge in [-0.05, 0) is 57.4 Å². The molecule has 9 nitrogen and oxygen atoms in total. The summed E-state index contributed by atoms with van der Waals surface area (Å²) < 4.78 is 32.2. The summed E-state index contributed by atoms with van der Waals surface area (Å²) in [6.45, 7) is 7.65. The molecule has 0 spiro atoms. The third-order valence-electron chi connectivity index (χ3n) is 5.29. The van der Waals surface area contributed by atoms with Crippen LogP contribution in [0.5, 0.6) is 0 Å². The van der Waals surface area contributed by atoms with Crippen LogP contribution in [0, 0.1) is 0 Å². The van der Waals surface area contributed by atoms with E-state index in [0.717, 1.165) is 11.8 Å². The normalized spacial score (nSPS) is 13.5. The molecule has 0 saturated carbocycles. The summed E-state index contributed by atoms with van der Waals surface area (Å²) in [5.74, 6) is 0.0547. The third-order valence-corrected chi connectivity index (χ3v) is 6.48. The summed E-state index contributed by atoms with van der Waals surface area (Å²) in [5, 5.41) is 11.2. The van der Waals surface area contributed by atoms with Crippen LogP contribution in [-0.2, 0) is 22.0 Å². The zero-order valence-electron chi connectivity index (χ0n) is 20.8. The van der Waals surface area contributed by atoms with Crippen molar-refractivity contribution < 1.29 is 17.6 Å². The lowest BCUT2D eigenvalue weighted by molar-refractivity contribution is 0.0943. The number of nitrogens with two attached hydrogens (primary N) is 1. The fourth-order valence-electron chi connectivity index (χ4n) is 3.71. The fraction of sp³-hybridized carbons (Fsp3) is 0.400. The van der Waals surface area contributed by atoms with Crippen molar-refractivity contribution in [2.45, 2.75) is 52.1 Å². The molecule has 188 valence electrons. The Balaban J connectivity index is 2.05. The highest BCUT2D eigenvalue weighted by Gasteiger charge is 2.29. The molecular weight excluding hydrogens is 466 g/mol. The Hall–Kier alpha value is -3.24. The smallest absolute Gasteiger partial charge is 0.251 e.